The van der Waals surface area contributed by atoms with Gasteiger partial charge in [-0.2, -0.15) is 4.99 Å². The Hall–Kier alpha value is -6.12. The normalized spacial score (nSPS) is 11.4. The number of hydrogen-bond acceptors (Lipinski definition) is 8. The lowest BCUT2D eigenvalue weighted by molar-refractivity contribution is -0.122. The van der Waals surface area contributed by atoms with Crippen molar-refractivity contribution < 1.29 is 27.9 Å². The first kappa shape index (κ1) is 36.7. The number of hydrogen-bond donors (Lipinski definition) is 5. The number of carbonyl (C=O) groups is 3. The molecule has 4 aromatic rings. The predicted molar refractivity (Wildman–Crippen MR) is 186 cm³/mol. The van der Waals surface area contributed by atoms with E-state index in [0.29, 0.717) is 33.8 Å². The molecule has 0 saturated heterocycles. The molecule has 3 aromatic carbocycles. The minimum absolute atomic E-state index is 0.0619. The smallest absolute Gasteiger partial charge is 0.435 e. The first-order chi connectivity index (χ1) is 23.7. The first-order valence-corrected chi connectivity index (χ1v) is 15.6. The van der Waals surface area contributed by atoms with Gasteiger partial charge in [0.05, 0.1) is 17.5 Å². The monoisotopic (exact) mass is 688 g/mol. The number of nitrogens with zero attached hydrogens (tertiary/aromatic N) is 3. The molecule has 0 aliphatic heterocycles. The van der Waals surface area contributed by atoms with E-state index in [9.17, 15) is 28.0 Å². The molecule has 15 heteroatoms. The van der Waals surface area contributed by atoms with Crippen LogP contribution in [0.25, 0.3) is 11.3 Å². The van der Waals surface area contributed by atoms with Crippen molar-refractivity contribution in [3.8, 4) is 11.3 Å². The number of anilines is 3. The number of benzene rings is 3. The van der Waals surface area contributed by atoms with E-state index in [4.69, 9.17) is 16.2 Å². The lowest BCUT2D eigenvalue weighted by Gasteiger charge is -2.17. The third-order valence-electron chi connectivity index (χ3n) is 7.18. The molecule has 0 aliphatic carbocycles. The summed E-state index contributed by atoms with van der Waals surface area (Å²) >= 11 is 0. The summed E-state index contributed by atoms with van der Waals surface area (Å²) in [6.45, 7) is 6.27. The molecular weight excluding hydrogens is 650 g/mol. The molecule has 13 nitrogen and oxygen atoms in total. The Morgan fingerprint density at radius 2 is 1.68 bits per heavy atom. The molecule has 0 atom stereocenters. The van der Waals surface area contributed by atoms with Crippen molar-refractivity contribution in [3.05, 3.63) is 106 Å². The van der Waals surface area contributed by atoms with Gasteiger partial charge in [-0.25, -0.2) is 18.6 Å². The van der Waals surface area contributed by atoms with Crippen LogP contribution in [0.2, 0.25) is 0 Å². The van der Waals surface area contributed by atoms with E-state index < -0.39 is 41.4 Å². The maximum Gasteiger partial charge on any atom is 0.435 e. The lowest BCUT2D eigenvalue weighted by Crippen LogP contribution is -2.35. The second-order valence-electron chi connectivity index (χ2n) is 11.9. The van der Waals surface area contributed by atoms with Gasteiger partial charge in [0.2, 0.25) is 11.8 Å². The Morgan fingerprint density at radius 1 is 1.00 bits per heavy atom. The molecule has 1 aromatic heterocycles. The second kappa shape index (κ2) is 16.3. The van der Waals surface area contributed by atoms with Crippen LogP contribution in [0.3, 0.4) is 0 Å². The van der Waals surface area contributed by atoms with Crippen LogP contribution < -0.4 is 33.0 Å². The average Bonchev–Trinajstić information content (AvgIpc) is 3.05. The number of halogens is 2. The number of rotatable bonds is 12. The van der Waals surface area contributed by atoms with Crippen LogP contribution in [0.5, 0.6) is 0 Å². The molecule has 262 valence electrons. The summed E-state index contributed by atoms with van der Waals surface area (Å²) in [5.41, 5.74) is 13.7. The first-order valence-electron chi connectivity index (χ1n) is 15.6. The summed E-state index contributed by atoms with van der Waals surface area (Å²) < 4.78 is 33.7. The zero-order chi connectivity index (χ0) is 36.5. The van der Waals surface area contributed by atoms with Crippen LogP contribution in [0.15, 0.2) is 76.6 Å². The quantitative estimate of drug-likeness (QED) is 0.0806. The van der Waals surface area contributed by atoms with Gasteiger partial charge in [0, 0.05) is 41.0 Å². The Labute approximate surface area is 286 Å². The highest BCUT2D eigenvalue weighted by atomic mass is 19.1. The number of amides is 3. The number of nitrogens with two attached hydrogens (primary N) is 2. The fraction of sp³-hybridized carbons (Fsp3) is 0.257. The van der Waals surface area contributed by atoms with Gasteiger partial charge in [-0.3, -0.25) is 19.0 Å². The highest BCUT2D eigenvalue weighted by Crippen LogP contribution is 2.26. The van der Waals surface area contributed by atoms with Crippen molar-refractivity contribution in [1.82, 2.24) is 14.9 Å². The van der Waals surface area contributed by atoms with Crippen molar-refractivity contribution in [2.75, 3.05) is 16.4 Å². The van der Waals surface area contributed by atoms with E-state index in [1.807, 2.05) is 13.8 Å². The average molecular weight is 689 g/mol. The molecule has 3 amide bonds. The summed E-state index contributed by atoms with van der Waals surface area (Å²) in [7, 11) is 0. The van der Waals surface area contributed by atoms with Gasteiger partial charge in [0.1, 0.15) is 30.6 Å². The van der Waals surface area contributed by atoms with Gasteiger partial charge in [-0.1, -0.05) is 44.2 Å². The molecule has 0 radical (unpaired) electrons. The van der Waals surface area contributed by atoms with Crippen LogP contribution in [0.1, 0.15) is 44.4 Å². The number of nitrogens with one attached hydrogen (secondary N) is 3. The molecule has 0 bridgehead atoms. The summed E-state index contributed by atoms with van der Waals surface area (Å²) in [6.07, 6.45) is 0.328. The minimum atomic E-state index is -1.13. The van der Waals surface area contributed by atoms with Gasteiger partial charge < -0.3 is 32.2 Å². The van der Waals surface area contributed by atoms with E-state index in [1.54, 1.807) is 56.3 Å². The molecular formula is C35H38F2N8O5. The summed E-state index contributed by atoms with van der Waals surface area (Å²) in [6, 6.07) is 14.4. The van der Waals surface area contributed by atoms with Gasteiger partial charge in [0.25, 0.3) is 5.56 Å². The maximum atomic E-state index is 13.8. The topological polar surface area (TPSA) is 196 Å². The van der Waals surface area contributed by atoms with Crippen molar-refractivity contribution in [2.24, 2.45) is 16.6 Å². The van der Waals surface area contributed by atoms with Crippen LogP contribution >= 0.6 is 0 Å². The van der Waals surface area contributed by atoms with E-state index in [0.717, 1.165) is 12.1 Å². The van der Waals surface area contributed by atoms with Crippen molar-refractivity contribution in [3.63, 3.8) is 0 Å². The van der Waals surface area contributed by atoms with E-state index in [2.05, 4.69) is 25.9 Å². The van der Waals surface area contributed by atoms with Crippen LogP contribution in [-0.4, -0.2) is 39.3 Å². The van der Waals surface area contributed by atoms with Gasteiger partial charge in [-0.15, -0.1) is 0 Å². The molecule has 50 heavy (non-hydrogen) atoms. The Morgan fingerprint density at radius 3 is 2.32 bits per heavy atom. The van der Waals surface area contributed by atoms with Crippen molar-refractivity contribution in [1.29, 1.82) is 0 Å². The lowest BCUT2D eigenvalue weighted by atomic mass is 10.1. The second-order valence-corrected chi connectivity index (χ2v) is 11.9. The molecule has 7 N–H and O–H groups in total. The van der Waals surface area contributed by atoms with Crippen LogP contribution in [0, 0.1) is 17.6 Å². The third kappa shape index (κ3) is 9.71. The minimum Gasteiger partial charge on any atom is -0.443 e. The number of amidine groups is 1. The highest BCUT2D eigenvalue weighted by Gasteiger charge is 2.18. The van der Waals surface area contributed by atoms with Crippen molar-refractivity contribution in [2.45, 2.75) is 53.4 Å². The zero-order valence-electron chi connectivity index (χ0n) is 27.9. The molecule has 0 fully saturated rings. The fourth-order valence-corrected chi connectivity index (χ4v) is 4.60. The SMILES string of the molecule is CC(C)Nc1ncc(-c2cc(N)cc(NC(=O)C(C)C)c2)n(CC(=O)NCc2ccc(C(N)=NC(=O)OCc3c(F)cccc3F)cc2)c1=O. The molecule has 0 unspecified atom stereocenters. The molecule has 0 saturated carbocycles. The molecule has 0 spiro atoms. The van der Waals surface area contributed by atoms with Gasteiger partial charge in [-0.05, 0) is 49.7 Å². The van der Waals surface area contributed by atoms with Crippen molar-refractivity contribution >= 4 is 40.9 Å². The predicted octanol–water partition coefficient (Wildman–Crippen LogP) is 4.54. The van der Waals surface area contributed by atoms with Gasteiger partial charge >= 0.3 is 6.09 Å². The molecule has 1 heterocycles. The number of carbonyl (C=O) groups excluding carboxylic acids is 3. The Bertz CT molecular complexity index is 1960. The Kier molecular flexibility index (Phi) is 12.0. The van der Waals surface area contributed by atoms with E-state index in [1.165, 1.54) is 16.8 Å². The number of ether oxygens (including phenoxy) is 1. The number of nitrogen functional groups attached to an aromatic ring is 1. The highest BCUT2D eigenvalue weighted by molar-refractivity contribution is 6.02. The zero-order valence-corrected chi connectivity index (χ0v) is 27.9. The maximum absolute atomic E-state index is 13.8. The number of aromatic nitrogens is 2. The van der Waals surface area contributed by atoms with E-state index >= 15 is 0 Å². The molecule has 0 aliphatic rings. The van der Waals surface area contributed by atoms with Gasteiger partial charge in [0.15, 0.2) is 5.82 Å². The van der Waals surface area contributed by atoms with Crippen LogP contribution in [0.4, 0.5) is 30.8 Å². The van der Waals surface area contributed by atoms with Crippen LogP contribution in [-0.2, 0) is 34.0 Å². The summed E-state index contributed by atoms with van der Waals surface area (Å²) in [4.78, 5) is 59.0. The standard InChI is InChI=1S/C35H38F2N8O5/c1-19(2)33(47)43-25-13-23(12-24(38)14-25)29-16-41-32(42-20(3)4)34(48)45(29)17-30(46)40-15-21-8-10-22(11-9-21)31(39)44-35(49)50-18-26-27(36)6-5-7-28(26)37/h5-14,16,19-20H,15,17-18,38H2,1-4H3,(H,40,46)(H,41,42)(H,43,47)(H2,39,44,49). The largest absolute Gasteiger partial charge is 0.443 e. The summed E-state index contributed by atoms with van der Waals surface area (Å²) in [5, 5.41) is 8.57. The summed E-state index contributed by atoms with van der Waals surface area (Å²) in [5.74, 6) is -2.82. The van der Waals surface area contributed by atoms with E-state index in [-0.39, 0.29) is 42.6 Å². The molecule has 4 rings (SSSR count). The third-order valence-corrected chi connectivity index (χ3v) is 7.18. The fourth-order valence-electron chi connectivity index (χ4n) is 4.60. The number of aliphatic imine (C=N–C) groups is 1. The Balaban J connectivity index is 1.46.